The van der Waals surface area contributed by atoms with Crippen molar-refractivity contribution in [1.29, 1.82) is 0 Å². The quantitative estimate of drug-likeness (QED) is 0.606. The first-order valence-corrected chi connectivity index (χ1v) is 4.65. The van der Waals surface area contributed by atoms with Gasteiger partial charge in [-0.05, 0) is 24.3 Å². The van der Waals surface area contributed by atoms with Crippen molar-refractivity contribution in [2.75, 3.05) is 5.32 Å². The molecular weight excluding hydrogens is 259 g/mol. The minimum Gasteiger partial charge on any atom is -0.379 e. The van der Waals surface area contributed by atoms with E-state index in [-0.39, 0.29) is 5.69 Å². The van der Waals surface area contributed by atoms with Gasteiger partial charge in [-0.3, -0.25) is 0 Å². The molecule has 0 unspecified atom stereocenters. The molecule has 2 amide bonds. The van der Waals surface area contributed by atoms with Crippen molar-refractivity contribution in [3.63, 3.8) is 0 Å². The number of hydrogen-bond acceptors (Lipinski definition) is 1. The summed E-state index contributed by atoms with van der Waals surface area (Å²) >= 11 is 5.58. The predicted octanol–water partition coefficient (Wildman–Crippen LogP) is 2.79. The van der Waals surface area contributed by atoms with Crippen LogP contribution in [0.3, 0.4) is 0 Å². The summed E-state index contributed by atoms with van der Waals surface area (Å²) in [5, 5.41) is 2.54. The van der Waals surface area contributed by atoms with Crippen LogP contribution in [0.5, 0.6) is 0 Å². The second-order valence-corrected chi connectivity index (χ2v) is 3.37. The van der Waals surface area contributed by atoms with E-state index in [0.717, 1.165) is 0 Å². The number of alkyl halides is 3. The maximum atomic E-state index is 11.9. The van der Waals surface area contributed by atoms with E-state index in [1.165, 1.54) is 24.3 Å². The molecule has 92 valence electrons. The van der Waals surface area contributed by atoms with Gasteiger partial charge >= 0.3 is 12.2 Å². The van der Waals surface area contributed by atoms with Crippen LogP contribution in [0.15, 0.2) is 29.3 Å². The van der Waals surface area contributed by atoms with Crippen LogP contribution in [0.2, 0.25) is 5.02 Å². The molecule has 0 saturated heterocycles. The second kappa shape index (κ2) is 5.05. The van der Waals surface area contributed by atoms with Crippen LogP contribution in [-0.2, 0) is 0 Å². The number of amides is 2. The van der Waals surface area contributed by atoms with E-state index >= 15 is 0 Å². The normalized spacial score (nSPS) is 12.4. The maximum absolute atomic E-state index is 11.9. The number of halogens is 4. The van der Waals surface area contributed by atoms with Crippen LogP contribution in [0, 0.1) is 0 Å². The number of nitrogens with one attached hydrogen (secondary N) is 1. The van der Waals surface area contributed by atoms with Crippen LogP contribution in [0.25, 0.3) is 0 Å². The van der Waals surface area contributed by atoms with Gasteiger partial charge in [0.05, 0.1) is 0 Å². The summed E-state index contributed by atoms with van der Waals surface area (Å²) in [7, 11) is 0. The number of hydrogen-bond donors (Lipinski definition) is 2. The highest BCUT2D eigenvalue weighted by molar-refractivity contribution is 6.30. The number of amidine groups is 1. The van der Waals surface area contributed by atoms with E-state index in [0.29, 0.717) is 5.02 Å². The van der Waals surface area contributed by atoms with Gasteiger partial charge in [0, 0.05) is 10.7 Å². The first kappa shape index (κ1) is 13.3. The number of carbonyl (C=O) groups excluding carboxylic acids is 1. The summed E-state index contributed by atoms with van der Waals surface area (Å²) in [6, 6.07) is 4.56. The molecule has 0 heterocycles. The molecule has 0 aliphatic carbocycles. The van der Waals surface area contributed by atoms with Gasteiger partial charge in [0.1, 0.15) is 0 Å². The number of benzene rings is 1. The molecule has 0 saturated carbocycles. The molecule has 0 fully saturated rings. The third-order valence-electron chi connectivity index (χ3n) is 1.61. The lowest BCUT2D eigenvalue weighted by atomic mass is 10.3. The van der Waals surface area contributed by atoms with E-state index in [4.69, 9.17) is 11.6 Å². The summed E-state index contributed by atoms with van der Waals surface area (Å²) in [6.45, 7) is 0. The zero-order valence-electron chi connectivity index (χ0n) is 8.25. The lowest BCUT2D eigenvalue weighted by Crippen LogP contribution is -2.32. The Bertz CT molecular complexity index is 442. The summed E-state index contributed by atoms with van der Waals surface area (Å²) in [5.74, 6) is -1.70. The highest BCUT2D eigenvalue weighted by atomic mass is 35.5. The Morgan fingerprint density at radius 3 is 2.29 bits per heavy atom. The van der Waals surface area contributed by atoms with Crippen molar-refractivity contribution in [3.05, 3.63) is 29.3 Å². The van der Waals surface area contributed by atoms with E-state index < -0.39 is 18.0 Å². The standard InChI is InChI=1S/C9H7ClF3N3O/c10-5-1-3-6(4-2-5)15-8(17)16-7(14)9(11,12)13/h1-4H,(H3,14,15,16,17). The van der Waals surface area contributed by atoms with Gasteiger partial charge in [-0.2, -0.15) is 18.2 Å². The third-order valence-corrected chi connectivity index (χ3v) is 1.86. The summed E-state index contributed by atoms with van der Waals surface area (Å²) in [5.41, 5.74) is 4.83. The lowest BCUT2D eigenvalue weighted by molar-refractivity contribution is -0.0598. The van der Waals surface area contributed by atoms with Crippen molar-refractivity contribution in [1.82, 2.24) is 0 Å². The molecule has 1 rings (SSSR count). The Kier molecular flexibility index (Phi) is 3.95. The highest BCUT2D eigenvalue weighted by Crippen LogP contribution is 2.16. The van der Waals surface area contributed by atoms with E-state index in [9.17, 15) is 18.0 Å². The van der Waals surface area contributed by atoms with E-state index in [1.54, 1.807) is 0 Å². The molecule has 0 radical (unpaired) electrons. The summed E-state index contributed by atoms with van der Waals surface area (Å²) in [4.78, 5) is 13.7. The first-order valence-electron chi connectivity index (χ1n) is 4.27. The molecule has 0 bridgehead atoms. The first-order chi connectivity index (χ1) is 7.79. The van der Waals surface area contributed by atoms with Crippen molar-refractivity contribution >= 4 is 29.2 Å². The predicted molar refractivity (Wildman–Crippen MR) is 58.1 cm³/mol. The highest BCUT2D eigenvalue weighted by Gasteiger charge is 2.34. The number of rotatable bonds is 1. The van der Waals surface area contributed by atoms with Gasteiger partial charge in [0.25, 0.3) is 0 Å². The van der Waals surface area contributed by atoms with Gasteiger partial charge in [0.15, 0.2) is 0 Å². The molecular formula is C9H7ClF3N3O. The monoisotopic (exact) mass is 265 g/mol. The fourth-order valence-corrected chi connectivity index (χ4v) is 0.983. The van der Waals surface area contributed by atoms with Crippen molar-refractivity contribution in [2.24, 2.45) is 10.7 Å². The molecule has 0 atom stereocenters. The van der Waals surface area contributed by atoms with Crippen molar-refractivity contribution in [3.8, 4) is 0 Å². The summed E-state index contributed by atoms with van der Waals surface area (Å²) in [6.07, 6.45) is -4.82. The number of carbonyl (C=O) groups is 1. The fourth-order valence-electron chi connectivity index (χ4n) is 0.857. The SMILES string of the molecule is N/C(=N\C(=O)Nc1ccc(Cl)cc1)C(F)(F)F. The number of nitrogens with two attached hydrogens (primary N) is 1. The maximum Gasteiger partial charge on any atom is 0.449 e. The van der Waals surface area contributed by atoms with E-state index in [2.05, 4.69) is 16.0 Å². The van der Waals surface area contributed by atoms with Gasteiger partial charge in [-0.25, -0.2) is 4.79 Å². The zero-order valence-corrected chi connectivity index (χ0v) is 9.01. The Morgan fingerprint density at radius 2 is 1.82 bits per heavy atom. The van der Waals surface area contributed by atoms with Crippen LogP contribution < -0.4 is 11.1 Å². The molecule has 3 N–H and O–H groups in total. The molecule has 0 aliphatic heterocycles. The van der Waals surface area contributed by atoms with Crippen molar-refractivity contribution < 1.29 is 18.0 Å². The number of aliphatic imine (C=N–C) groups is 1. The Hall–Kier alpha value is -1.76. The van der Waals surface area contributed by atoms with E-state index in [1.807, 2.05) is 0 Å². The Balaban J connectivity index is 2.71. The molecule has 17 heavy (non-hydrogen) atoms. The van der Waals surface area contributed by atoms with Crippen LogP contribution in [0.1, 0.15) is 0 Å². The van der Waals surface area contributed by atoms with Gasteiger partial charge < -0.3 is 11.1 Å². The van der Waals surface area contributed by atoms with Crippen LogP contribution >= 0.6 is 11.6 Å². The molecule has 1 aromatic carbocycles. The molecule has 0 aromatic heterocycles. The molecule has 1 aromatic rings. The average molecular weight is 266 g/mol. The molecule has 4 nitrogen and oxygen atoms in total. The Morgan fingerprint density at radius 1 is 1.29 bits per heavy atom. The number of nitrogens with zero attached hydrogens (tertiary/aromatic N) is 1. The molecule has 8 heteroatoms. The topological polar surface area (TPSA) is 67.5 Å². The largest absolute Gasteiger partial charge is 0.449 e. The smallest absolute Gasteiger partial charge is 0.379 e. The minimum absolute atomic E-state index is 0.262. The van der Waals surface area contributed by atoms with Crippen molar-refractivity contribution in [2.45, 2.75) is 6.18 Å². The second-order valence-electron chi connectivity index (χ2n) is 2.93. The molecule has 0 aliphatic rings. The summed E-state index contributed by atoms with van der Waals surface area (Å²) < 4.78 is 35.8. The number of anilines is 1. The van der Waals surface area contributed by atoms with Gasteiger partial charge in [-0.15, -0.1) is 0 Å². The Labute approximate surface area is 99.3 Å². The zero-order chi connectivity index (χ0) is 13.1. The van der Waals surface area contributed by atoms with Crippen LogP contribution in [-0.4, -0.2) is 18.0 Å². The molecule has 0 spiro atoms. The number of urea groups is 1. The lowest BCUT2D eigenvalue weighted by Gasteiger charge is -2.05. The van der Waals surface area contributed by atoms with Gasteiger partial charge in [-0.1, -0.05) is 11.6 Å². The van der Waals surface area contributed by atoms with Crippen LogP contribution in [0.4, 0.5) is 23.7 Å². The van der Waals surface area contributed by atoms with Gasteiger partial charge in [0.2, 0.25) is 5.84 Å². The average Bonchev–Trinajstić information content (AvgIpc) is 2.20. The minimum atomic E-state index is -4.82. The fraction of sp³-hybridized carbons (Fsp3) is 0.111. The third kappa shape index (κ3) is 4.31.